The third-order valence-electron chi connectivity index (χ3n) is 2.87. The Morgan fingerprint density at radius 3 is 2.57 bits per heavy atom. The topological polar surface area (TPSA) is 71.2 Å². The highest BCUT2D eigenvalue weighted by molar-refractivity contribution is 6.36. The van der Waals surface area contributed by atoms with Gasteiger partial charge in [0.05, 0.1) is 12.6 Å². The molecule has 0 unspecified atom stereocenters. The molecule has 2 aromatic rings. The maximum atomic E-state index is 12.1. The third-order valence-corrected chi connectivity index (χ3v) is 3.25. The van der Waals surface area contributed by atoms with Crippen LogP contribution in [-0.2, 0) is 0 Å². The van der Waals surface area contributed by atoms with Crippen LogP contribution in [-0.4, -0.2) is 23.5 Å². The molecular weight excluding hydrogens is 292 g/mol. The first-order chi connectivity index (χ1) is 9.73. The molecular formula is C15H17ClN2O3. The van der Waals surface area contributed by atoms with Gasteiger partial charge < -0.3 is 15.0 Å². The molecule has 0 aliphatic rings. The van der Waals surface area contributed by atoms with Crippen molar-refractivity contribution in [2.75, 3.05) is 7.11 Å². The first kappa shape index (κ1) is 15.4. The van der Waals surface area contributed by atoms with Gasteiger partial charge in [0.15, 0.2) is 0 Å². The smallest absolute Gasteiger partial charge is 0.261 e. The summed E-state index contributed by atoms with van der Waals surface area (Å²) in [6.07, 6.45) is 0. The molecule has 2 rings (SSSR count). The fourth-order valence-corrected chi connectivity index (χ4v) is 2.25. The van der Waals surface area contributed by atoms with Crippen molar-refractivity contribution >= 4 is 28.4 Å². The predicted molar refractivity (Wildman–Crippen MR) is 83.3 cm³/mol. The molecule has 0 fully saturated rings. The number of methoxy groups -OCH3 is 1. The number of pyridine rings is 1. The van der Waals surface area contributed by atoms with Gasteiger partial charge in [-0.2, -0.15) is 0 Å². The molecule has 21 heavy (non-hydrogen) atoms. The molecule has 112 valence electrons. The molecule has 0 saturated heterocycles. The molecule has 0 radical (unpaired) electrons. The number of aromatic amines is 1. The van der Waals surface area contributed by atoms with E-state index in [-0.39, 0.29) is 5.56 Å². The summed E-state index contributed by atoms with van der Waals surface area (Å²) >= 11 is 6.16. The van der Waals surface area contributed by atoms with Gasteiger partial charge in [0.2, 0.25) is 0 Å². The van der Waals surface area contributed by atoms with Gasteiger partial charge in [-0.3, -0.25) is 9.59 Å². The van der Waals surface area contributed by atoms with E-state index >= 15 is 0 Å². The number of hydrogen-bond acceptors (Lipinski definition) is 3. The number of ether oxygens (including phenoxy) is 1. The van der Waals surface area contributed by atoms with E-state index in [1.165, 1.54) is 13.2 Å². The van der Waals surface area contributed by atoms with Crippen molar-refractivity contribution in [3.05, 3.63) is 39.1 Å². The lowest BCUT2D eigenvalue weighted by Gasteiger charge is -2.20. The van der Waals surface area contributed by atoms with Gasteiger partial charge in [-0.25, -0.2) is 0 Å². The van der Waals surface area contributed by atoms with E-state index in [2.05, 4.69) is 10.3 Å². The number of amides is 1. The minimum Gasteiger partial charge on any atom is -0.495 e. The van der Waals surface area contributed by atoms with Crippen molar-refractivity contribution in [2.45, 2.75) is 26.3 Å². The van der Waals surface area contributed by atoms with E-state index < -0.39 is 17.0 Å². The average Bonchev–Trinajstić information content (AvgIpc) is 2.37. The molecule has 1 aromatic heterocycles. The van der Waals surface area contributed by atoms with Crippen LogP contribution in [0.2, 0.25) is 5.02 Å². The van der Waals surface area contributed by atoms with E-state index in [1.54, 1.807) is 12.1 Å². The Bertz CT molecular complexity index is 760. The second-order valence-corrected chi connectivity index (χ2v) is 6.14. The fourth-order valence-electron chi connectivity index (χ4n) is 1.96. The Morgan fingerprint density at radius 1 is 1.33 bits per heavy atom. The van der Waals surface area contributed by atoms with Crippen LogP contribution >= 0.6 is 11.6 Å². The predicted octanol–water partition coefficient (Wildman–Crippen LogP) is 2.72. The minimum absolute atomic E-state index is 0.0543. The van der Waals surface area contributed by atoms with Crippen LogP contribution in [0.15, 0.2) is 23.0 Å². The fraction of sp³-hybridized carbons (Fsp3) is 0.333. The molecule has 0 bridgehead atoms. The number of benzene rings is 1. The van der Waals surface area contributed by atoms with E-state index in [4.69, 9.17) is 16.3 Å². The van der Waals surface area contributed by atoms with Crippen LogP contribution in [0.1, 0.15) is 31.1 Å². The van der Waals surface area contributed by atoms with Crippen molar-refractivity contribution in [2.24, 2.45) is 0 Å². The Labute approximate surface area is 127 Å². The van der Waals surface area contributed by atoms with Gasteiger partial charge in [-0.15, -0.1) is 0 Å². The molecule has 0 spiro atoms. The summed E-state index contributed by atoms with van der Waals surface area (Å²) in [6, 6.07) is 4.96. The van der Waals surface area contributed by atoms with Crippen LogP contribution in [0.3, 0.4) is 0 Å². The standard InChI is InChI=1S/C15H17ClN2O3/c1-15(2,3)18-14(20)9-7-8-5-6-10(21-4)11(16)12(8)17-13(9)19/h5-7H,1-4H3,(H,17,19)(H,18,20). The summed E-state index contributed by atoms with van der Waals surface area (Å²) in [5.41, 5.74) is -0.401. The number of nitrogens with one attached hydrogen (secondary N) is 2. The second-order valence-electron chi connectivity index (χ2n) is 5.76. The zero-order valence-corrected chi connectivity index (χ0v) is 13.1. The number of hydrogen-bond donors (Lipinski definition) is 2. The number of H-pyrrole nitrogens is 1. The molecule has 1 heterocycles. The molecule has 6 heteroatoms. The second kappa shape index (κ2) is 5.41. The van der Waals surface area contributed by atoms with Gasteiger partial charge in [0.25, 0.3) is 11.5 Å². The largest absolute Gasteiger partial charge is 0.495 e. The number of halogens is 1. The first-order valence-electron chi connectivity index (χ1n) is 6.45. The van der Waals surface area contributed by atoms with Crippen LogP contribution in [0.4, 0.5) is 0 Å². The number of aromatic nitrogens is 1. The molecule has 0 aliphatic carbocycles. The van der Waals surface area contributed by atoms with Crippen LogP contribution in [0, 0.1) is 0 Å². The van der Waals surface area contributed by atoms with Crippen molar-refractivity contribution in [3.63, 3.8) is 0 Å². The SMILES string of the molecule is COc1ccc2cc(C(=O)NC(C)(C)C)c(=O)[nH]c2c1Cl. The zero-order valence-electron chi connectivity index (χ0n) is 12.3. The number of rotatable bonds is 2. The highest BCUT2D eigenvalue weighted by Gasteiger charge is 2.19. The number of fused-ring (bicyclic) bond motifs is 1. The summed E-state index contributed by atoms with van der Waals surface area (Å²) in [4.78, 5) is 26.9. The highest BCUT2D eigenvalue weighted by atomic mass is 35.5. The van der Waals surface area contributed by atoms with Crippen molar-refractivity contribution in [3.8, 4) is 5.75 Å². The van der Waals surface area contributed by atoms with Gasteiger partial charge in [0.1, 0.15) is 16.3 Å². The van der Waals surface area contributed by atoms with E-state index in [1.807, 2.05) is 20.8 Å². The Kier molecular flexibility index (Phi) is 3.96. The van der Waals surface area contributed by atoms with Crippen LogP contribution in [0.5, 0.6) is 5.75 Å². The molecule has 1 aromatic carbocycles. The summed E-state index contributed by atoms with van der Waals surface area (Å²) in [5, 5.41) is 3.74. The summed E-state index contributed by atoms with van der Waals surface area (Å²) in [7, 11) is 1.50. The van der Waals surface area contributed by atoms with E-state index in [0.717, 1.165) is 0 Å². The molecule has 1 amide bonds. The monoisotopic (exact) mass is 308 g/mol. The van der Waals surface area contributed by atoms with Crippen LogP contribution < -0.4 is 15.6 Å². The molecule has 0 aliphatic heterocycles. The summed E-state index contributed by atoms with van der Waals surface area (Å²) < 4.78 is 5.10. The van der Waals surface area contributed by atoms with Gasteiger partial charge in [0, 0.05) is 10.9 Å². The molecule has 0 saturated carbocycles. The van der Waals surface area contributed by atoms with Gasteiger partial charge in [-0.05, 0) is 39.0 Å². The maximum absolute atomic E-state index is 12.1. The quantitative estimate of drug-likeness (QED) is 0.896. The Hall–Kier alpha value is -2.01. The zero-order chi connectivity index (χ0) is 15.8. The lowest BCUT2D eigenvalue weighted by molar-refractivity contribution is 0.0918. The van der Waals surface area contributed by atoms with Crippen molar-refractivity contribution < 1.29 is 9.53 Å². The van der Waals surface area contributed by atoms with Crippen LogP contribution in [0.25, 0.3) is 10.9 Å². The van der Waals surface area contributed by atoms with Crippen molar-refractivity contribution in [1.29, 1.82) is 0 Å². The molecule has 5 nitrogen and oxygen atoms in total. The number of carbonyl (C=O) groups excluding carboxylic acids is 1. The molecule has 2 N–H and O–H groups in total. The van der Waals surface area contributed by atoms with E-state index in [9.17, 15) is 9.59 Å². The van der Waals surface area contributed by atoms with E-state index in [0.29, 0.717) is 21.7 Å². The highest BCUT2D eigenvalue weighted by Crippen LogP contribution is 2.30. The Morgan fingerprint density at radius 2 is 2.00 bits per heavy atom. The van der Waals surface area contributed by atoms with Crippen molar-refractivity contribution in [1.82, 2.24) is 10.3 Å². The summed E-state index contributed by atoms with van der Waals surface area (Å²) in [6.45, 7) is 5.55. The summed E-state index contributed by atoms with van der Waals surface area (Å²) in [5.74, 6) is 0.0456. The van der Waals surface area contributed by atoms with Gasteiger partial charge in [-0.1, -0.05) is 11.6 Å². The normalized spacial score (nSPS) is 11.5. The minimum atomic E-state index is -0.487. The lowest BCUT2D eigenvalue weighted by Crippen LogP contribution is -2.42. The number of carbonyl (C=O) groups is 1. The van der Waals surface area contributed by atoms with Gasteiger partial charge >= 0.3 is 0 Å². The lowest BCUT2D eigenvalue weighted by atomic mass is 10.1. The third kappa shape index (κ3) is 3.19. The molecule has 0 atom stereocenters. The maximum Gasteiger partial charge on any atom is 0.261 e. The average molecular weight is 309 g/mol. The Balaban J connectivity index is 2.57. The first-order valence-corrected chi connectivity index (χ1v) is 6.83.